The maximum absolute atomic E-state index is 13.4. The summed E-state index contributed by atoms with van der Waals surface area (Å²) < 4.78 is 65.5. The number of amides is 1. The van der Waals surface area contributed by atoms with Crippen molar-refractivity contribution < 1.29 is 26.4 Å². The van der Waals surface area contributed by atoms with Gasteiger partial charge in [0.05, 0.1) is 21.6 Å². The van der Waals surface area contributed by atoms with Crippen LogP contribution in [0.4, 0.5) is 24.7 Å². The third kappa shape index (κ3) is 5.15. The normalized spacial score (nSPS) is 20.1. The molecule has 1 unspecified atom stereocenters. The van der Waals surface area contributed by atoms with Crippen LogP contribution in [0.3, 0.4) is 0 Å². The van der Waals surface area contributed by atoms with E-state index in [1.807, 2.05) is 0 Å². The van der Waals surface area contributed by atoms with Crippen molar-refractivity contribution in [1.29, 1.82) is 0 Å². The van der Waals surface area contributed by atoms with E-state index in [1.165, 1.54) is 29.3 Å². The van der Waals surface area contributed by atoms with Gasteiger partial charge in [0.1, 0.15) is 5.82 Å². The van der Waals surface area contributed by atoms with Gasteiger partial charge in [-0.3, -0.25) is 4.79 Å². The molecule has 4 rings (SSSR count). The molecule has 2 aromatic rings. The predicted molar refractivity (Wildman–Crippen MR) is 119 cm³/mol. The average Bonchev–Trinajstić information content (AvgIpc) is 3.35. The Bertz CT molecular complexity index is 1100. The number of carbonyl (C=O) groups is 1. The number of nitrogens with zero attached hydrogens (tertiary/aromatic N) is 2. The predicted octanol–water partition coefficient (Wildman–Crippen LogP) is 4.67. The molecule has 0 radical (unpaired) electrons. The number of halogens is 3. The zero-order chi connectivity index (χ0) is 23.6. The molecule has 0 spiro atoms. The summed E-state index contributed by atoms with van der Waals surface area (Å²) in [5.41, 5.74) is -0.360. The Kier molecular flexibility index (Phi) is 6.65. The SMILES string of the molecule is O=C(Nc1ccc(S(=O)(=O)C2CCCC2)cc1)C1CCCN(c2ncccc2C(F)(F)F)C1. The highest BCUT2D eigenvalue weighted by Gasteiger charge is 2.37. The van der Waals surface area contributed by atoms with E-state index in [-0.39, 0.29) is 28.4 Å². The molecule has 6 nitrogen and oxygen atoms in total. The van der Waals surface area contributed by atoms with Crippen molar-refractivity contribution in [3.05, 3.63) is 48.2 Å². The highest BCUT2D eigenvalue weighted by atomic mass is 32.2. The highest BCUT2D eigenvalue weighted by molar-refractivity contribution is 7.92. The molecule has 33 heavy (non-hydrogen) atoms. The smallest absolute Gasteiger partial charge is 0.355 e. The van der Waals surface area contributed by atoms with Crippen molar-refractivity contribution in [2.24, 2.45) is 5.92 Å². The molecule has 1 saturated heterocycles. The first kappa shape index (κ1) is 23.5. The van der Waals surface area contributed by atoms with Gasteiger partial charge in [0.15, 0.2) is 9.84 Å². The number of rotatable bonds is 5. The van der Waals surface area contributed by atoms with Gasteiger partial charge in [-0.1, -0.05) is 12.8 Å². The molecule has 2 heterocycles. The van der Waals surface area contributed by atoms with Gasteiger partial charge in [0, 0.05) is 25.0 Å². The van der Waals surface area contributed by atoms with Crippen LogP contribution in [0.1, 0.15) is 44.1 Å². The number of pyridine rings is 1. The van der Waals surface area contributed by atoms with Gasteiger partial charge in [-0.2, -0.15) is 13.2 Å². The fourth-order valence-electron chi connectivity index (χ4n) is 4.62. The number of piperidine rings is 1. The molecule has 1 aromatic carbocycles. The van der Waals surface area contributed by atoms with E-state index in [1.54, 1.807) is 12.1 Å². The number of hydrogen-bond acceptors (Lipinski definition) is 5. The fourth-order valence-corrected chi connectivity index (χ4v) is 6.47. The van der Waals surface area contributed by atoms with Crippen molar-refractivity contribution in [2.75, 3.05) is 23.3 Å². The molecule has 1 aliphatic carbocycles. The van der Waals surface area contributed by atoms with Crippen molar-refractivity contribution >= 4 is 27.2 Å². The lowest BCUT2D eigenvalue weighted by Crippen LogP contribution is -2.42. The molecule has 1 amide bonds. The van der Waals surface area contributed by atoms with Gasteiger partial charge in [-0.05, 0) is 62.1 Å². The molecule has 0 bridgehead atoms. The van der Waals surface area contributed by atoms with Crippen molar-refractivity contribution in [2.45, 2.75) is 54.8 Å². The van der Waals surface area contributed by atoms with Crippen LogP contribution in [-0.4, -0.2) is 37.6 Å². The molecule has 1 aliphatic heterocycles. The number of hydrogen-bond donors (Lipinski definition) is 1. The first-order valence-corrected chi connectivity index (χ1v) is 12.6. The molecule has 1 atom stereocenters. The Morgan fingerprint density at radius 2 is 1.73 bits per heavy atom. The quantitative estimate of drug-likeness (QED) is 0.671. The minimum atomic E-state index is -4.53. The summed E-state index contributed by atoms with van der Waals surface area (Å²) >= 11 is 0. The minimum Gasteiger partial charge on any atom is -0.355 e. The molecule has 1 saturated carbocycles. The van der Waals surface area contributed by atoms with Crippen LogP contribution in [0.25, 0.3) is 0 Å². The zero-order valence-corrected chi connectivity index (χ0v) is 18.8. The topological polar surface area (TPSA) is 79.4 Å². The highest BCUT2D eigenvalue weighted by Crippen LogP contribution is 2.36. The second-order valence-corrected chi connectivity index (χ2v) is 10.9. The second-order valence-electron chi connectivity index (χ2n) is 8.62. The van der Waals surface area contributed by atoms with Crippen LogP contribution in [0.15, 0.2) is 47.5 Å². The lowest BCUT2D eigenvalue weighted by molar-refractivity contribution is -0.137. The van der Waals surface area contributed by atoms with E-state index in [2.05, 4.69) is 10.3 Å². The summed E-state index contributed by atoms with van der Waals surface area (Å²) in [5.74, 6) is -0.983. The molecule has 1 N–H and O–H groups in total. The number of alkyl halides is 3. The third-order valence-electron chi connectivity index (χ3n) is 6.38. The van der Waals surface area contributed by atoms with Crippen LogP contribution in [0.5, 0.6) is 0 Å². The summed E-state index contributed by atoms with van der Waals surface area (Å²) in [6.45, 7) is 0.512. The summed E-state index contributed by atoms with van der Waals surface area (Å²) in [4.78, 5) is 18.5. The molecular formula is C23H26F3N3O3S. The Morgan fingerprint density at radius 3 is 2.39 bits per heavy atom. The second kappa shape index (κ2) is 9.32. The van der Waals surface area contributed by atoms with Crippen LogP contribution in [0, 0.1) is 5.92 Å². The standard InChI is InChI=1S/C23H26F3N3O3S/c24-23(25,26)20-8-3-13-27-21(20)29-14-4-5-16(15-29)22(30)28-17-9-11-19(12-10-17)33(31,32)18-6-1-2-7-18/h3,8-13,16,18H,1-2,4-7,14-15H2,(H,28,30). The van der Waals surface area contributed by atoms with Crippen molar-refractivity contribution in [3.63, 3.8) is 0 Å². The van der Waals surface area contributed by atoms with Gasteiger partial charge in [-0.25, -0.2) is 13.4 Å². The summed E-state index contributed by atoms with van der Waals surface area (Å²) in [6, 6.07) is 8.35. The molecule has 10 heteroatoms. The van der Waals surface area contributed by atoms with Crippen LogP contribution in [-0.2, 0) is 20.8 Å². The number of anilines is 2. The zero-order valence-electron chi connectivity index (χ0n) is 18.0. The summed E-state index contributed by atoms with van der Waals surface area (Å²) in [7, 11) is -3.38. The fraction of sp³-hybridized carbons (Fsp3) is 0.478. The Labute approximate surface area is 191 Å². The number of sulfone groups is 1. The Morgan fingerprint density at radius 1 is 1.03 bits per heavy atom. The van der Waals surface area contributed by atoms with Crippen LogP contribution < -0.4 is 10.2 Å². The summed E-state index contributed by atoms with van der Waals surface area (Å²) in [5, 5.41) is 2.43. The van der Waals surface area contributed by atoms with Gasteiger partial charge in [-0.15, -0.1) is 0 Å². The maximum atomic E-state index is 13.4. The molecule has 178 valence electrons. The van der Waals surface area contributed by atoms with Gasteiger partial charge in [0.2, 0.25) is 5.91 Å². The van der Waals surface area contributed by atoms with Crippen LogP contribution in [0.2, 0.25) is 0 Å². The molecule has 2 aliphatic rings. The molecular weight excluding hydrogens is 455 g/mol. The molecule has 2 fully saturated rings. The number of aromatic nitrogens is 1. The van der Waals surface area contributed by atoms with Crippen molar-refractivity contribution in [3.8, 4) is 0 Å². The summed E-state index contributed by atoms with van der Waals surface area (Å²) in [6.07, 6.45) is 1.07. The molecule has 1 aromatic heterocycles. The number of nitrogens with one attached hydrogen (secondary N) is 1. The minimum absolute atomic E-state index is 0.125. The first-order chi connectivity index (χ1) is 15.7. The van der Waals surface area contributed by atoms with Gasteiger partial charge >= 0.3 is 6.18 Å². The first-order valence-electron chi connectivity index (χ1n) is 11.1. The van der Waals surface area contributed by atoms with Crippen molar-refractivity contribution in [1.82, 2.24) is 4.98 Å². The van der Waals surface area contributed by atoms with Gasteiger partial charge in [0.25, 0.3) is 0 Å². The van der Waals surface area contributed by atoms with E-state index in [9.17, 15) is 26.4 Å². The van der Waals surface area contributed by atoms with Crippen LogP contribution >= 0.6 is 0 Å². The van der Waals surface area contributed by atoms with E-state index in [4.69, 9.17) is 0 Å². The van der Waals surface area contributed by atoms with Gasteiger partial charge < -0.3 is 10.2 Å². The maximum Gasteiger partial charge on any atom is 0.419 e. The third-order valence-corrected chi connectivity index (χ3v) is 8.65. The Balaban J connectivity index is 1.43. The largest absolute Gasteiger partial charge is 0.419 e. The monoisotopic (exact) mass is 481 g/mol. The van der Waals surface area contributed by atoms with E-state index in [0.29, 0.717) is 37.9 Å². The number of benzene rings is 1. The number of carbonyl (C=O) groups excluding carboxylic acids is 1. The van der Waals surface area contributed by atoms with E-state index < -0.39 is 27.5 Å². The Hall–Kier alpha value is -2.62. The lowest BCUT2D eigenvalue weighted by Gasteiger charge is -2.34. The van der Waals surface area contributed by atoms with E-state index in [0.717, 1.165) is 18.9 Å². The average molecular weight is 482 g/mol. The lowest BCUT2D eigenvalue weighted by atomic mass is 9.96. The van der Waals surface area contributed by atoms with E-state index >= 15 is 0 Å².